The molecule has 2 fully saturated rings. The van der Waals surface area contributed by atoms with E-state index in [1.165, 1.54) is 151 Å². The van der Waals surface area contributed by atoms with Crippen LogP contribution in [0.1, 0.15) is 90.2 Å². The van der Waals surface area contributed by atoms with Crippen molar-refractivity contribution in [2.24, 2.45) is 0 Å². The molecule has 314 valence electrons. The first kappa shape index (κ1) is 38.1. The number of benzene rings is 9. The Morgan fingerprint density at radius 2 is 0.734 bits per heavy atom. The van der Waals surface area contributed by atoms with Crippen molar-refractivity contribution in [2.45, 2.75) is 101 Å². The first-order valence-corrected chi connectivity index (χ1v) is 24.0. The SMILES string of the molecule is CC12CCCCC1(C)N(c1ccc3c(-c4ccccc4)c4cc(N5c6c(ccc7ccccc67)C6(C)CCCCC56C)ccc4c(-c4ccccc4)c3c1)c1c2ccc2ccccc12. The molecule has 0 N–H and O–H groups in total. The van der Waals surface area contributed by atoms with E-state index in [9.17, 15) is 0 Å². The van der Waals surface area contributed by atoms with Gasteiger partial charge in [0, 0.05) is 33.0 Å². The van der Waals surface area contributed by atoms with Crippen molar-refractivity contribution in [2.75, 3.05) is 9.80 Å². The van der Waals surface area contributed by atoms with Crippen LogP contribution in [0.4, 0.5) is 22.7 Å². The number of nitrogens with zero attached hydrogens (tertiary/aromatic N) is 2. The van der Waals surface area contributed by atoms with Crippen LogP contribution in [0.5, 0.6) is 0 Å². The molecule has 2 nitrogen and oxygen atoms in total. The molecule has 0 saturated heterocycles. The fraction of sp³-hybridized carbons (Fsp3) is 0.258. The molecular formula is C62H56N2. The number of anilines is 4. The molecule has 0 bridgehead atoms. The molecule has 4 unspecified atom stereocenters. The van der Waals surface area contributed by atoms with Crippen LogP contribution < -0.4 is 9.80 Å². The van der Waals surface area contributed by atoms with Gasteiger partial charge in [-0.25, -0.2) is 0 Å². The fourth-order valence-electron chi connectivity index (χ4n) is 14.1. The van der Waals surface area contributed by atoms with Crippen molar-refractivity contribution in [3.63, 3.8) is 0 Å². The van der Waals surface area contributed by atoms with Gasteiger partial charge in [-0.15, -0.1) is 0 Å². The van der Waals surface area contributed by atoms with Gasteiger partial charge in [-0.05, 0) is 129 Å². The Balaban J connectivity index is 1.11. The molecule has 0 aromatic heterocycles. The second-order valence-electron chi connectivity index (χ2n) is 20.6. The van der Waals surface area contributed by atoms with Crippen molar-refractivity contribution >= 4 is 65.8 Å². The van der Waals surface area contributed by atoms with Crippen LogP contribution in [-0.4, -0.2) is 11.1 Å². The van der Waals surface area contributed by atoms with Gasteiger partial charge in [0.25, 0.3) is 0 Å². The maximum absolute atomic E-state index is 2.80. The molecule has 2 aliphatic carbocycles. The van der Waals surface area contributed by atoms with Gasteiger partial charge in [0.1, 0.15) is 0 Å². The normalized spacial score (nSPS) is 24.9. The van der Waals surface area contributed by atoms with Crippen molar-refractivity contribution in [3.8, 4) is 22.3 Å². The standard InChI is InChI=1S/C62H56N2/c1-59-35-15-17-37-61(59,3)63(57-47-25-13-11-19-41(47)27-33-53(57)59)45-29-31-49-51(39-45)55(43-21-7-5-8-22-43)50-32-30-46(40-52(50)56(49)44-23-9-6-10-24-44)64-58-48-26-14-12-20-42(48)28-34-54(58)60(2)36-16-18-38-62(60,64)4/h5-14,19-34,39-40H,15-18,35-38H2,1-4H3. The van der Waals surface area contributed by atoms with E-state index in [4.69, 9.17) is 0 Å². The maximum Gasteiger partial charge on any atom is 0.0534 e. The van der Waals surface area contributed by atoms with E-state index in [1.807, 2.05) is 0 Å². The molecule has 64 heavy (non-hydrogen) atoms. The van der Waals surface area contributed by atoms with Crippen molar-refractivity contribution in [1.29, 1.82) is 0 Å². The summed E-state index contributed by atoms with van der Waals surface area (Å²) in [5.74, 6) is 0. The Kier molecular flexibility index (Phi) is 8.08. The molecule has 0 spiro atoms. The molecule has 0 amide bonds. The molecule has 4 aliphatic rings. The molecule has 4 atom stereocenters. The zero-order valence-corrected chi connectivity index (χ0v) is 37.7. The minimum absolute atomic E-state index is 0.0430. The van der Waals surface area contributed by atoms with Gasteiger partial charge >= 0.3 is 0 Å². The molecule has 2 aliphatic heterocycles. The van der Waals surface area contributed by atoms with Crippen molar-refractivity contribution in [3.05, 3.63) is 181 Å². The van der Waals surface area contributed by atoms with Gasteiger partial charge in [-0.2, -0.15) is 0 Å². The molecule has 0 radical (unpaired) electrons. The lowest BCUT2D eigenvalue weighted by atomic mass is 9.61. The fourth-order valence-corrected chi connectivity index (χ4v) is 14.1. The smallest absolute Gasteiger partial charge is 0.0534 e. The number of fused-ring (bicyclic) bond motifs is 12. The lowest BCUT2D eigenvalue weighted by Gasteiger charge is -2.50. The molecule has 2 saturated carbocycles. The van der Waals surface area contributed by atoms with Crippen LogP contribution in [0.2, 0.25) is 0 Å². The topological polar surface area (TPSA) is 6.48 Å². The summed E-state index contributed by atoms with van der Waals surface area (Å²) >= 11 is 0. The molecule has 9 aromatic rings. The quantitative estimate of drug-likeness (QED) is 0.163. The average Bonchev–Trinajstić information content (AvgIpc) is 3.69. The molecular weight excluding hydrogens is 773 g/mol. The summed E-state index contributed by atoms with van der Waals surface area (Å²) in [6.45, 7) is 10.3. The van der Waals surface area contributed by atoms with Gasteiger partial charge in [0.2, 0.25) is 0 Å². The monoisotopic (exact) mass is 828 g/mol. The Bertz CT molecular complexity index is 3140. The summed E-state index contributed by atoms with van der Waals surface area (Å²) in [7, 11) is 0. The summed E-state index contributed by atoms with van der Waals surface area (Å²) in [6.07, 6.45) is 9.78. The predicted molar refractivity (Wildman–Crippen MR) is 273 cm³/mol. The summed E-state index contributed by atoms with van der Waals surface area (Å²) in [5, 5.41) is 10.6. The van der Waals surface area contributed by atoms with Gasteiger partial charge < -0.3 is 9.80 Å². The second-order valence-corrected chi connectivity index (χ2v) is 20.6. The highest BCUT2D eigenvalue weighted by Crippen LogP contribution is 2.64. The van der Waals surface area contributed by atoms with Crippen LogP contribution in [0.3, 0.4) is 0 Å². The summed E-state index contributed by atoms with van der Waals surface area (Å²) in [6, 6.07) is 65.3. The zero-order chi connectivity index (χ0) is 43.0. The molecule has 2 heteroatoms. The zero-order valence-electron chi connectivity index (χ0n) is 37.7. The number of hydrogen-bond donors (Lipinski definition) is 0. The Labute approximate surface area is 378 Å². The minimum Gasteiger partial charge on any atom is -0.334 e. The van der Waals surface area contributed by atoms with Crippen LogP contribution in [0.25, 0.3) is 65.3 Å². The predicted octanol–water partition coefficient (Wildman–Crippen LogP) is 17.1. The molecule has 13 rings (SSSR count). The van der Waals surface area contributed by atoms with E-state index < -0.39 is 0 Å². The van der Waals surface area contributed by atoms with E-state index in [0.717, 1.165) is 0 Å². The Hall–Kier alpha value is -6.38. The lowest BCUT2D eigenvalue weighted by Crippen LogP contribution is -2.54. The average molecular weight is 829 g/mol. The van der Waals surface area contributed by atoms with Crippen molar-refractivity contribution in [1.82, 2.24) is 0 Å². The number of rotatable bonds is 4. The van der Waals surface area contributed by atoms with E-state index >= 15 is 0 Å². The summed E-state index contributed by atoms with van der Waals surface area (Å²) in [5.41, 5.74) is 13.5. The van der Waals surface area contributed by atoms with Gasteiger partial charge in [-0.3, -0.25) is 0 Å². The van der Waals surface area contributed by atoms with Gasteiger partial charge in [-0.1, -0.05) is 185 Å². The second kappa shape index (κ2) is 13.6. The maximum atomic E-state index is 2.80. The lowest BCUT2D eigenvalue weighted by molar-refractivity contribution is 0.195. The highest BCUT2D eigenvalue weighted by Gasteiger charge is 2.59. The largest absolute Gasteiger partial charge is 0.334 e. The van der Waals surface area contributed by atoms with Gasteiger partial charge in [0.05, 0.1) is 22.5 Å². The third-order valence-electron chi connectivity index (χ3n) is 17.7. The van der Waals surface area contributed by atoms with E-state index in [-0.39, 0.29) is 21.9 Å². The third-order valence-corrected chi connectivity index (χ3v) is 17.7. The van der Waals surface area contributed by atoms with Gasteiger partial charge in [0.15, 0.2) is 0 Å². The highest BCUT2D eigenvalue weighted by atomic mass is 15.3. The van der Waals surface area contributed by atoms with E-state index in [1.54, 1.807) is 0 Å². The highest BCUT2D eigenvalue weighted by molar-refractivity contribution is 6.23. The third kappa shape index (κ3) is 4.92. The Morgan fingerprint density at radius 3 is 1.17 bits per heavy atom. The van der Waals surface area contributed by atoms with Crippen LogP contribution >= 0.6 is 0 Å². The first-order chi connectivity index (χ1) is 31.2. The number of hydrogen-bond acceptors (Lipinski definition) is 2. The summed E-state index contributed by atoms with van der Waals surface area (Å²) < 4.78 is 0. The minimum atomic E-state index is -0.0633. The molecule has 9 aromatic carbocycles. The van der Waals surface area contributed by atoms with Crippen molar-refractivity contribution < 1.29 is 0 Å². The molecule has 2 heterocycles. The van der Waals surface area contributed by atoms with Crippen LogP contribution in [-0.2, 0) is 10.8 Å². The summed E-state index contributed by atoms with van der Waals surface area (Å²) in [4.78, 5) is 5.59. The van der Waals surface area contributed by atoms with E-state index in [0.29, 0.717) is 0 Å². The van der Waals surface area contributed by atoms with Crippen LogP contribution in [0.15, 0.2) is 170 Å². The van der Waals surface area contributed by atoms with E-state index in [2.05, 4.69) is 207 Å². The Morgan fingerprint density at radius 1 is 0.344 bits per heavy atom. The van der Waals surface area contributed by atoms with Crippen LogP contribution in [0, 0.1) is 0 Å². The first-order valence-electron chi connectivity index (χ1n) is 24.0.